The van der Waals surface area contributed by atoms with Crippen molar-refractivity contribution in [3.8, 4) is 0 Å². The van der Waals surface area contributed by atoms with E-state index in [1.165, 1.54) is 0 Å². The molecule has 1 heterocycles. The first-order valence-corrected chi connectivity index (χ1v) is 4.10. The number of rotatable bonds is 3. The lowest BCUT2D eigenvalue weighted by Gasteiger charge is -2.34. The lowest BCUT2D eigenvalue weighted by molar-refractivity contribution is 0.0341. The van der Waals surface area contributed by atoms with Crippen molar-refractivity contribution in [2.24, 2.45) is 0 Å². The third-order valence-electron chi connectivity index (χ3n) is 1.97. The third-order valence-corrected chi connectivity index (χ3v) is 1.97. The Labute approximate surface area is 73.7 Å². The van der Waals surface area contributed by atoms with Crippen molar-refractivity contribution >= 4 is 0 Å². The molecule has 0 aromatic rings. The van der Waals surface area contributed by atoms with E-state index >= 15 is 0 Å². The number of hydrogen-bond donors (Lipinski definition) is 1. The molecule has 0 saturated heterocycles. The van der Waals surface area contributed by atoms with Crippen molar-refractivity contribution < 1.29 is 5.11 Å². The molecule has 0 fully saturated rings. The van der Waals surface area contributed by atoms with Gasteiger partial charge in [0, 0.05) is 26.0 Å². The minimum atomic E-state index is 0.197. The van der Waals surface area contributed by atoms with Crippen molar-refractivity contribution in [1.82, 2.24) is 14.7 Å². The van der Waals surface area contributed by atoms with Gasteiger partial charge >= 0.3 is 0 Å². The average Bonchev–Trinajstić information content (AvgIpc) is 2.32. The van der Waals surface area contributed by atoms with Crippen LogP contribution in [-0.2, 0) is 0 Å². The number of nitrogens with zero attached hydrogens (tertiary/aromatic N) is 3. The molecule has 12 heavy (non-hydrogen) atoms. The van der Waals surface area contributed by atoms with Gasteiger partial charge in [-0.3, -0.25) is 4.90 Å². The van der Waals surface area contributed by atoms with Crippen molar-refractivity contribution in [1.29, 1.82) is 0 Å². The van der Waals surface area contributed by atoms with Gasteiger partial charge < -0.3 is 14.9 Å². The largest absolute Gasteiger partial charge is 0.395 e. The predicted molar refractivity (Wildman–Crippen MR) is 48.2 cm³/mol. The Morgan fingerprint density at radius 2 is 2.08 bits per heavy atom. The van der Waals surface area contributed by atoms with E-state index in [1.807, 2.05) is 33.5 Å². The van der Waals surface area contributed by atoms with Crippen molar-refractivity contribution in [3.05, 3.63) is 12.4 Å². The lowest BCUT2D eigenvalue weighted by atomic mass is 10.5. The molecule has 0 aromatic carbocycles. The zero-order chi connectivity index (χ0) is 9.14. The summed E-state index contributed by atoms with van der Waals surface area (Å²) in [5, 5.41) is 8.80. The first-order valence-electron chi connectivity index (χ1n) is 4.10. The molecule has 0 aliphatic carbocycles. The molecule has 1 N–H and O–H groups in total. The molecule has 1 atom stereocenters. The second-order valence-corrected chi connectivity index (χ2v) is 3.24. The van der Waals surface area contributed by atoms with Crippen LogP contribution in [0, 0.1) is 0 Å². The minimum absolute atomic E-state index is 0.197. The van der Waals surface area contributed by atoms with E-state index in [-0.39, 0.29) is 12.9 Å². The molecule has 1 rings (SSSR count). The summed E-state index contributed by atoms with van der Waals surface area (Å²) in [4.78, 5) is 6.31. The van der Waals surface area contributed by atoms with Crippen LogP contribution < -0.4 is 0 Å². The number of β-amino-alcohol motifs (C(OH)–C–C–N with tert-alkyl or cyclic N) is 1. The Hall–Kier alpha value is -0.740. The molecule has 4 heteroatoms. The quantitative estimate of drug-likeness (QED) is 0.622. The van der Waals surface area contributed by atoms with Crippen molar-refractivity contribution in [3.63, 3.8) is 0 Å². The topological polar surface area (TPSA) is 30.0 Å². The zero-order valence-electron chi connectivity index (χ0n) is 7.94. The molecule has 0 radical (unpaired) electrons. The van der Waals surface area contributed by atoms with Crippen LogP contribution in [0.4, 0.5) is 0 Å². The lowest BCUT2D eigenvalue weighted by Crippen LogP contribution is -2.48. The second kappa shape index (κ2) is 3.78. The highest BCUT2D eigenvalue weighted by molar-refractivity contribution is 4.94. The van der Waals surface area contributed by atoms with Gasteiger partial charge in [0.15, 0.2) is 6.29 Å². The molecule has 70 valence electrons. The van der Waals surface area contributed by atoms with Gasteiger partial charge in [-0.25, -0.2) is 0 Å². The molecule has 1 aliphatic rings. The number of hydrogen-bond acceptors (Lipinski definition) is 4. The van der Waals surface area contributed by atoms with Crippen LogP contribution >= 0.6 is 0 Å². The Morgan fingerprint density at radius 1 is 1.42 bits per heavy atom. The Morgan fingerprint density at radius 3 is 2.58 bits per heavy atom. The maximum Gasteiger partial charge on any atom is 0.159 e. The molecule has 1 unspecified atom stereocenters. The molecular formula is C8H17N3O. The van der Waals surface area contributed by atoms with Gasteiger partial charge in [0.1, 0.15) is 0 Å². The van der Waals surface area contributed by atoms with Crippen LogP contribution in [0.15, 0.2) is 12.4 Å². The van der Waals surface area contributed by atoms with Crippen LogP contribution in [0.1, 0.15) is 0 Å². The van der Waals surface area contributed by atoms with Gasteiger partial charge in [0.2, 0.25) is 0 Å². The normalized spacial score (nSPS) is 22.9. The minimum Gasteiger partial charge on any atom is -0.395 e. The highest BCUT2D eigenvalue weighted by atomic mass is 16.3. The molecule has 0 aromatic heterocycles. The average molecular weight is 171 g/mol. The van der Waals surface area contributed by atoms with E-state index in [4.69, 9.17) is 5.11 Å². The fourth-order valence-corrected chi connectivity index (χ4v) is 1.55. The maximum absolute atomic E-state index is 8.80. The van der Waals surface area contributed by atoms with Crippen LogP contribution in [0.3, 0.4) is 0 Å². The fourth-order valence-electron chi connectivity index (χ4n) is 1.55. The molecule has 1 aliphatic heterocycles. The van der Waals surface area contributed by atoms with E-state index in [0.717, 1.165) is 0 Å². The molecule has 0 saturated carbocycles. The Bertz CT molecular complexity index is 170. The molecular weight excluding hydrogens is 154 g/mol. The first kappa shape index (κ1) is 9.35. The van der Waals surface area contributed by atoms with Crippen LogP contribution in [-0.4, -0.2) is 60.4 Å². The summed E-state index contributed by atoms with van der Waals surface area (Å²) in [7, 11) is 6.08. The van der Waals surface area contributed by atoms with Gasteiger partial charge in [-0.05, 0) is 14.1 Å². The SMILES string of the molecule is CN(C)C1N(C)C=CN1CCO. The van der Waals surface area contributed by atoms with E-state index < -0.39 is 0 Å². The summed E-state index contributed by atoms with van der Waals surface area (Å²) in [6.07, 6.45) is 4.26. The van der Waals surface area contributed by atoms with Crippen LogP contribution in [0.2, 0.25) is 0 Å². The van der Waals surface area contributed by atoms with Gasteiger partial charge in [-0.2, -0.15) is 0 Å². The van der Waals surface area contributed by atoms with Gasteiger partial charge in [0.05, 0.1) is 6.61 Å². The smallest absolute Gasteiger partial charge is 0.159 e. The predicted octanol–water partition coefficient (Wildman–Crippen LogP) is -0.457. The molecule has 0 bridgehead atoms. The van der Waals surface area contributed by atoms with Crippen LogP contribution in [0.5, 0.6) is 0 Å². The summed E-state index contributed by atoms with van der Waals surface area (Å²) in [6.45, 7) is 0.881. The summed E-state index contributed by atoms with van der Waals surface area (Å²) in [5.74, 6) is 0. The van der Waals surface area contributed by atoms with Crippen LogP contribution in [0.25, 0.3) is 0 Å². The highest BCUT2D eigenvalue weighted by Gasteiger charge is 2.24. The fraction of sp³-hybridized carbons (Fsp3) is 0.750. The molecule has 0 amide bonds. The number of aliphatic hydroxyl groups excluding tert-OH is 1. The van der Waals surface area contributed by atoms with Crippen molar-refractivity contribution in [2.45, 2.75) is 6.29 Å². The molecule has 4 nitrogen and oxygen atoms in total. The first-order chi connectivity index (χ1) is 5.66. The molecule has 0 spiro atoms. The summed E-state index contributed by atoms with van der Waals surface area (Å²) in [5.41, 5.74) is 0. The van der Waals surface area contributed by atoms with E-state index in [2.05, 4.69) is 14.7 Å². The second-order valence-electron chi connectivity index (χ2n) is 3.24. The van der Waals surface area contributed by atoms with E-state index in [1.54, 1.807) is 0 Å². The number of aliphatic hydroxyl groups is 1. The summed E-state index contributed by atoms with van der Waals surface area (Å²) < 4.78 is 0. The van der Waals surface area contributed by atoms with Crippen molar-refractivity contribution in [2.75, 3.05) is 34.3 Å². The highest BCUT2D eigenvalue weighted by Crippen LogP contribution is 2.14. The monoisotopic (exact) mass is 171 g/mol. The van der Waals surface area contributed by atoms with Gasteiger partial charge in [-0.15, -0.1) is 0 Å². The van der Waals surface area contributed by atoms with Gasteiger partial charge in [0.25, 0.3) is 0 Å². The van der Waals surface area contributed by atoms with E-state index in [0.29, 0.717) is 6.54 Å². The Kier molecular flexibility index (Phi) is 2.94. The standard InChI is InChI=1S/C8H17N3O/c1-9(2)8-10(3)4-5-11(8)6-7-12/h4-5,8,12H,6-7H2,1-3H3. The third kappa shape index (κ3) is 1.70. The summed E-state index contributed by atoms with van der Waals surface area (Å²) in [6, 6.07) is 0. The summed E-state index contributed by atoms with van der Waals surface area (Å²) >= 11 is 0. The zero-order valence-corrected chi connectivity index (χ0v) is 7.94. The van der Waals surface area contributed by atoms with Gasteiger partial charge in [-0.1, -0.05) is 0 Å². The Balaban J connectivity index is 2.56. The maximum atomic E-state index is 8.80. The van der Waals surface area contributed by atoms with E-state index in [9.17, 15) is 0 Å².